The molecule has 0 radical (unpaired) electrons. The maximum Gasteiger partial charge on any atom is 0.259 e. The van der Waals surface area contributed by atoms with Gasteiger partial charge in [-0.15, -0.1) is 0 Å². The number of hydrogen-bond acceptors (Lipinski definition) is 2. The van der Waals surface area contributed by atoms with E-state index in [1.54, 1.807) is 66.0 Å². The first kappa shape index (κ1) is 20.3. The van der Waals surface area contributed by atoms with E-state index in [0.717, 1.165) is 0 Å². The van der Waals surface area contributed by atoms with Crippen LogP contribution in [0.25, 0.3) is 16.9 Å². The number of nitrogens with zero attached hydrogens (tertiary/aromatic N) is 2. The zero-order valence-electron chi connectivity index (χ0n) is 15.5. The normalized spacial score (nSPS) is 10.9. The van der Waals surface area contributed by atoms with Gasteiger partial charge in [0.05, 0.1) is 11.3 Å². The highest BCUT2D eigenvalue weighted by atomic mass is 19.2. The van der Waals surface area contributed by atoms with Gasteiger partial charge in [-0.05, 0) is 12.1 Å². The van der Waals surface area contributed by atoms with Crippen molar-refractivity contribution in [3.63, 3.8) is 0 Å². The van der Waals surface area contributed by atoms with Crippen LogP contribution in [0.3, 0.4) is 0 Å². The van der Waals surface area contributed by atoms with Crippen molar-refractivity contribution in [1.29, 1.82) is 0 Å². The summed E-state index contributed by atoms with van der Waals surface area (Å²) in [6.07, 6.45) is 1.30. The molecule has 0 atom stereocenters. The van der Waals surface area contributed by atoms with Gasteiger partial charge in [0.15, 0.2) is 23.3 Å². The SMILES string of the molecule is O=C(Nc1c(F)c(F)c(F)c(F)c1F)c1cn(-c2ccccc2)nc1-c1ccccc1. The Bertz CT molecular complexity index is 1240. The summed E-state index contributed by atoms with van der Waals surface area (Å²) in [5.41, 5.74) is -0.299. The minimum Gasteiger partial charge on any atom is -0.317 e. The number of nitrogens with one attached hydrogen (secondary N) is 1. The molecule has 0 saturated heterocycles. The number of carbonyl (C=O) groups excluding carboxylic acids is 1. The molecule has 1 N–H and O–H groups in total. The molecule has 1 amide bonds. The summed E-state index contributed by atoms with van der Waals surface area (Å²) in [5.74, 6) is -12.0. The number of rotatable bonds is 4. The van der Waals surface area contributed by atoms with Gasteiger partial charge in [-0.25, -0.2) is 26.6 Å². The lowest BCUT2D eigenvalue weighted by molar-refractivity contribution is 0.102. The van der Waals surface area contributed by atoms with Gasteiger partial charge in [-0.3, -0.25) is 4.79 Å². The average molecular weight is 429 g/mol. The van der Waals surface area contributed by atoms with E-state index in [4.69, 9.17) is 0 Å². The molecule has 1 heterocycles. The lowest BCUT2D eigenvalue weighted by Crippen LogP contribution is -2.17. The maximum atomic E-state index is 14.0. The van der Waals surface area contributed by atoms with Crippen molar-refractivity contribution in [1.82, 2.24) is 9.78 Å². The Morgan fingerprint density at radius 2 is 1.26 bits per heavy atom. The molecular formula is C22H12F5N3O. The molecule has 1 aromatic heterocycles. The number of benzene rings is 3. The zero-order valence-corrected chi connectivity index (χ0v) is 15.5. The van der Waals surface area contributed by atoms with E-state index in [1.807, 2.05) is 0 Å². The van der Waals surface area contributed by atoms with Crippen molar-refractivity contribution in [2.75, 3.05) is 5.32 Å². The van der Waals surface area contributed by atoms with E-state index in [2.05, 4.69) is 5.10 Å². The van der Waals surface area contributed by atoms with Crippen LogP contribution in [0.15, 0.2) is 66.9 Å². The standard InChI is InChI=1S/C22H12F5N3O/c23-15-16(24)18(26)21(19(27)17(15)25)28-22(31)14-11-30(13-9-5-2-6-10-13)29-20(14)12-7-3-1-4-8-12/h1-11H,(H,28,31). The quantitative estimate of drug-likeness (QED) is 0.265. The second kappa shape index (κ2) is 8.02. The van der Waals surface area contributed by atoms with Crippen molar-refractivity contribution in [2.45, 2.75) is 0 Å². The maximum absolute atomic E-state index is 14.0. The molecular weight excluding hydrogens is 417 g/mol. The summed E-state index contributed by atoms with van der Waals surface area (Å²) >= 11 is 0. The van der Waals surface area contributed by atoms with Gasteiger partial charge in [-0.1, -0.05) is 48.5 Å². The summed E-state index contributed by atoms with van der Waals surface area (Å²) in [5, 5.41) is 6.16. The van der Waals surface area contributed by atoms with Crippen LogP contribution >= 0.6 is 0 Å². The van der Waals surface area contributed by atoms with Crippen LogP contribution in [0.1, 0.15) is 10.4 Å². The molecule has 0 aliphatic rings. The van der Waals surface area contributed by atoms with E-state index in [0.29, 0.717) is 11.3 Å². The Morgan fingerprint density at radius 1 is 0.742 bits per heavy atom. The molecule has 0 fully saturated rings. The van der Waals surface area contributed by atoms with Crippen LogP contribution < -0.4 is 5.32 Å². The third kappa shape index (κ3) is 3.65. The first-order chi connectivity index (χ1) is 14.9. The number of anilines is 1. The lowest BCUT2D eigenvalue weighted by atomic mass is 10.1. The molecule has 4 rings (SSSR count). The van der Waals surface area contributed by atoms with Gasteiger partial charge in [0.1, 0.15) is 11.4 Å². The van der Waals surface area contributed by atoms with Crippen LogP contribution in [0, 0.1) is 29.1 Å². The first-order valence-electron chi connectivity index (χ1n) is 8.91. The summed E-state index contributed by atoms with van der Waals surface area (Å²) in [4.78, 5) is 12.8. The number of para-hydroxylation sites is 1. The monoisotopic (exact) mass is 429 g/mol. The molecule has 0 spiro atoms. The molecule has 0 aliphatic carbocycles. The predicted molar refractivity (Wildman–Crippen MR) is 103 cm³/mol. The fourth-order valence-corrected chi connectivity index (χ4v) is 2.96. The molecule has 4 nitrogen and oxygen atoms in total. The summed E-state index contributed by atoms with van der Waals surface area (Å²) in [6.45, 7) is 0. The number of carbonyl (C=O) groups is 1. The number of hydrogen-bond donors (Lipinski definition) is 1. The van der Waals surface area contributed by atoms with Crippen molar-refractivity contribution in [3.8, 4) is 16.9 Å². The van der Waals surface area contributed by atoms with Crippen molar-refractivity contribution < 1.29 is 26.7 Å². The smallest absolute Gasteiger partial charge is 0.259 e. The number of amides is 1. The van der Waals surface area contributed by atoms with E-state index in [9.17, 15) is 26.7 Å². The Balaban J connectivity index is 1.81. The number of halogens is 5. The minimum absolute atomic E-state index is 0.126. The van der Waals surface area contributed by atoms with Crippen LogP contribution in [0.2, 0.25) is 0 Å². The predicted octanol–water partition coefficient (Wildman–Crippen LogP) is 5.49. The molecule has 9 heteroatoms. The lowest BCUT2D eigenvalue weighted by Gasteiger charge is -2.10. The fraction of sp³-hybridized carbons (Fsp3) is 0. The van der Waals surface area contributed by atoms with Gasteiger partial charge >= 0.3 is 0 Å². The fourth-order valence-electron chi connectivity index (χ4n) is 2.96. The van der Waals surface area contributed by atoms with Gasteiger partial charge in [0, 0.05) is 11.8 Å². The van der Waals surface area contributed by atoms with E-state index in [-0.39, 0.29) is 11.3 Å². The van der Waals surface area contributed by atoms with Gasteiger partial charge in [0.2, 0.25) is 5.82 Å². The average Bonchev–Trinajstić information content (AvgIpc) is 3.26. The van der Waals surface area contributed by atoms with Gasteiger partial charge in [-0.2, -0.15) is 5.10 Å². The highest BCUT2D eigenvalue weighted by Gasteiger charge is 2.28. The minimum atomic E-state index is -2.31. The topological polar surface area (TPSA) is 46.9 Å². The second-order valence-electron chi connectivity index (χ2n) is 6.44. The van der Waals surface area contributed by atoms with E-state index in [1.165, 1.54) is 10.9 Å². The van der Waals surface area contributed by atoms with Crippen molar-refractivity contribution >= 4 is 11.6 Å². The van der Waals surface area contributed by atoms with Crippen LogP contribution in [-0.4, -0.2) is 15.7 Å². The zero-order chi connectivity index (χ0) is 22.1. The van der Waals surface area contributed by atoms with Crippen LogP contribution in [0.5, 0.6) is 0 Å². The highest BCUT2D eigenvalue weighted by Crippen LogP contribution is 2.29. The van der Waals surface area contributed by atoms with Crippen molar-refractivity contribution in [2.24, 2.45) is 0 Å². The molecule has 4 aromatic rings. The Hall–Kier alpha value is -4.01. The molecule has 0 unspecified atom stereocenters. The van der Waals surface area contributed by atoms with E-state index >= 15 is 0 Å². The van der Waals surface area contributed by atoms with Gasteiger partial charge in [0.25, 0.3) is 5.91 Å². The molecule has 0 saturated carbocycles. The van der Waals surface area contributed by atoms with Gasteiger partial charge < -0.3 is 5.32 Å². The molecule has 31 heavy (non-hydrogen) atoms. The van der Waals surface area contributed by atoms with E-state index < -0.39 is 40.7 Å². The molecule has 0 bridgehead atoms. The largest absolute Gasteiger partial charge is 0.317 e. The highest BCUT2D eigenvalue weighted by molar-refractivity contribution is 6.08. The summed E-state index contributed by atoms with van der Waals surface area (Å²) in [7, 11) is 0. The Kier molecular flexibility index (Phi) is 5.24. The van der Waals surface area contributed by atoms with Crippen molar-refractivity contribution in [3.05, 3.63) is 102 Å². The molecule has 3 aromatic carbocycles. The molecule has 0 aliphatic heterocycles. The molecule has 156 valence electrons. The van der Waals surface area contributed by atoms with Crippen LogP contribution in [0.4, 0.5) is 27.6 Å². The Morgan fingerprint density at radius 3 is 1.84 bits per heavy atom. The van der Waals surface area contributed by atoms with Crippen LogP contribution in [-0.2, 0) is 0 Å². The summed E-state index contributed by atoms with van der Waals surface area (Å²) in [6, 6.07) is 17.2. The third-order valence-corrected chi connectivity index (χ3v) is 4.48. The summed E-state index contributed by atoms with van der Waals surface area (Å²) < 4.78 is 69.7. The number of aromatic nitrogens is 2. The third-order valence-electron chi connectivity index (χ3n) is 4.48. The Labute approximate surface area is 172 Å². The second-order valence-corrected chi connectivity index (χ2v) is 6.44. The first-order valence-corrected chi connectivity index (χ1v) is 8.91.